The van der Waals surface area contributed by atoms with Crippen molar-refractivity contribution < 1.29 is 9.83 Å². The van der Waals surface area contributed by atoms with E-state index < -0.39 is 10.9 Å². The molecular formula is C2H2N4O3. The van der Waals surface area contributed by atoms with Crippen molar-refractivity contribution in [3.63, 3.8) is 0 Å². The van der Waals surface area contributed by atoms with Gasteiger partial charge in [0, 0.05) is 5.12 Å². The smallest absolute Gasteiger partial charge is 0.249 e. The van der Waals surface area contributed by atoms with Gasteiger partial charge in [-0.15, -0.1) is 0 Å². The van der Waals surface area contributed by atoms with Crippen molar-refractivity contribution in [2.75, 3.05) is 0 Å². The van der Waals surface area contributed by atoms with Crippen LogP contribution in [0.3, 0.4) is 0 Å². The van der Waals surface area contributed by atoms with E-state index in [0.717, 1.165) is 6.07 Å². The molecule has 0 aliphatic rings. The number of hydrogen-bond acceptors (Lipinski definition) is 5. The van der Waals surface area contributed by atoms with Crippen LogP contribution in [0.15, 0.2) is 0 Å². The Hall–Kier alpha value is -1.68. The van der Waals surface area contributed by atoms with Crippen molar-refractivity contribution >= 4 is 5.91 Å². The molecule has 0 saturated carbocycles. The molecule has 0 saturated heterocycles. The van der Waals surface area contributed by atoms with E-state index in [4.69, 9.17) is 5.26 Å². The summed E-state index contributed by atoms with van der Waals surface area (Å²) < 4.78 is 0. The van der Waals surface area contributed by atoms with E-state index in [0.29, 0.717) is 0 Å². The Morgan fingerprint density at radius 1 is 1.89 bits per heavy atom. The monoisotopic (exact) mass is 130 g/mol. The third-order valence-corrected chi connectivity index (χ3v) is 0.480. The van der Waals surface area contributed by atoms with Crippen LogP contribution in [0, 0.1) is 21.4 Å². The molecule has 0 heterocycles. The first-order valence-corrected chi connectivity index (χ1v) is 1.72. The predicted molar refractivity (Wildman–Crippen MR) is 23.6 cm³/mol. The van der Waals surface area contributed by atoms with E-state index in [2.05, 4.69) is 5.84 Å². The number of nitrogens with zero attached hydrogens (tertiary/aromatic N) is 3. The zero-order valence-corrected chi connectivity index (χ0v) is 4.14. The predicted octanol–water partition coefficient (Wildman–Crippen LogP) is -1.60. The molecule has 0 aromatic rings. The van der Waals surface area contributed by atoms with Gasteiger partial charge in [-0.1, -0.05) is 0 Å². The van der Waals surface area contributed by atoms with Gasteiger partial charge in [0.25, 0.3) is 0 Å². The van der Waals surface area contributed by atoms with Crippen LogP contribution in [0.4, 0.5) is 0 Å². The van der Waals surface area contributed by atoms with Crippen LogP contribution in [0.1, 0.15) is 0 Å². The summed E-state index contributed by atoms with van der Waals surface area (Å²) in [6.07, 6.45) is 0. The Kier molecular flexibility index (Phi) is 2.10. The van der Waals surface area contributed by atoms with Gasteiger partial charge in [-0.3, -0.25) is 0 Å². The normalized spacial score (nSPS) is 7.56. The van der Waals surface area contributed by atoms with E-state index >= 15 is 0 Å². The van der Waals surface area contributed by atoms with Gasteiger partial charge in [0.05, 0.1) is 0 Å². The number of carbonyl (C=O) groups excluding carboxylic acids is 1. The van der Waals surface area contributed by atoms with Crippen LogP contribution in [0.5, 0.6) is 0 Å². The molecule has 0 spiro atoms. The minimum Gasteiger partial charge on any atom is -0.249 e. The standard InChI is InChI=1S/C2H2N4O3/c3-1-2(7)5(4)6(8)9/h4H2. The topological polar surface area (TPSA) is 113 Å². The Morgan fingerprint density at radius 3 is 2.44 bits per heavy atom. The van der Waals surface area contributed by atoms with E-state index in [1.54, 1.807) is 0 Å². The number of nitrogens with two attached hydrogens (primary N) is 1. The second-order valence-electron chi connectivity index (χ2n) is 0.999. The molecule has 0 aromatic carbocycles. The molecule has 0 rings (SSSR count). The van der Waals surface area contributed by atoms with Crippen LogP contribution < -0.4 is 5.84 Å². The lowest BCUT2D eigenvalue weighted by molar-refractivity contribution is -0.636. The first-order valence-electron chi connectivity index (χ1n) is 1.72. The molecule has 0 aromatic heterocycles. The Morgan fingerprint density at radius 2 is 2.33 bits per heavy atom. The summed E-state index contributed by atoms with van der Waals surface area (Å²) in [5.74, 6) is 3.03. The van der Waals surface area contributed by atoms with Crippen molar-refractivity contribution in [3.8, 4) is 6.07 Å². The summed E-state index contributed by atoms with van der Waals surface area (Å²) in [5, 5.41) is 15.7. The number of amides is 1. The lowest BCUT2D eigenvalue weighted by Gasteiger charge is -1.96. The van der Waals surface area contributed by atoms with Crippen LogP contribution in [0.25, 0.3) is 0 Å². The Labute approximate surface area is 49.4 Å². The number of nitriles is 1. The fourth-order valence-electron chi connectivity index (χ4n) is 0.125. The van der Waals surface area contributed by atoms with Gasteiger partial charge < -0.3 is 0 Å². The van der Waals surface area contributed by atoms with Gasteiger partial charge in [0.15, 0.2) is 11.1 Å². The maximum Gasteiger partial charge on any atom is 0.402 e. The van der Waals surface area contributed by atoms with Crippen molar-refractivity contribution in [2.24, 2.45) is 5.84 Å². The summed E-state index contributed by atoms with van der Waals surface area (Å²) in [5.41, 5.74) is 0. The van der Waals surface area contributed by atoms with Crippen LogP contribution >= 0.6 is 0 Å². The second kappa shape index (κ2) is 2.58. The highest BCUT2D eigenvalue weighted by molar-refractivity contribution is 5.89. The van der Waals surface area contributed by atoms with E-state index in [1.165, 1.54) is 0 Å². The van der Waals surface area contributed by atoms with Gasteiger partial charge in [0.2, 0.25) is 0 Å². The van der Waals surface area contributed by atoms with Crippen molar-refractivity contribution in [3.05, 3.63) is 10.1 Å². The van der Waals surface area contributed by atoms with Gasteiger partial charge in [0.1, 0.15) is 0 Å². The lowest BCUT2D eigenvalue weighted by atomic mass is 10.7. The number of rotatable bonds is 1. The maximum absolute atomic E-state index is 9.95. The Balaban J connectivity index is 4.08. The molecule has 0 unspecified atom stereocenters. The molecule has 1 amide bonds. The fraction of sp³-hybridized carbons (Fsp3) is 0. The van der Waals surface area contributed by atoms with Gasteiger partial charge in [-0.2, -0.15) is 11.1 Å². The molecule has 7 nitrogen and oxygen atoms in total. The first-order chi connectivity index (χ1) is 4.09. The summed E-state index contributed by atoms with van der Waals surface area (Å²) in [6.45, 7) is 0. The molecule has 0 atom stereocenters. The van der Waals surface area contributed by atoms with Gasteiger partial charge in [-0.05, 0) is 0 Å². The minimum absolute atomic E-state index is 0.389. The molecule has 7 heteroatoms. The van der Waals surface area contributed by atoms with Gasteiger partial charge in [-0.25, -0.2) is 14.9 Å². The molecule has 48 valence electrons. The molecule has 0 radical (unpaired) electrons. The summed E-state index contributed by atoms with van der Waals surface area (Å²) >= 11 is 0. The molecule has 9 heavy (non-hydrogen) atoms. The third-order valence-electron chi connectivity index (χ3n) is 0.480. The average Bonchev–Trinajstić information content (AvgIpc) is 1.84. The highest BCUT2D eigenvalue weighted by Gasteiger charge is 2.17. The fourth-order valence-corrected chi connectivity index (χ4v) is 0.125. The van der Waals surface area contributed by atoms with Crippen LogP contribution in [0.2, 0.25) is 0 Å². The second-order valence-corrected chi connectivity index (χ2v) is 0.999. The van der Waals surface area contributed by atoms with Crippen LogP contribution in [-0.4, -0.2) is 16.1 Å². The molecule has 2 N–H and O–H groups in total. The Bertz CT molecular complexity index is 181. The molecule has 0 aliphatic carbocycles. The maximum atomic E-state index is 9.95. The molecule has 0 bridgehead atoms. The summed E-state index contributed by atoms with van der Waals surface area (Å²) in [6, 6.07) is 0.966. The summed E-state index contributed by atoms with van der Waals surface area (Å²) in [4.78, 5) is 19.5. The number of hydrazine groups is 2. The van der Waals surface area contributed by atoms with Gasteiger partial charge >= 0.3 is 5.91 Å². The lowest BCUT2D eigenvalue weighted by Crippen LogP contribution is -2.41. The summed E-state index contributed by atoms with van der Waals surface area (Å²) in [7, 11) is 0. The SMILES string of the molecule is N#CC(=O)N(N)[N+](=O)[O-]. The van der Waals surface area contributed by atoms with Crippen molar-refractivity contribution in [1.82, 2.24) is 5.12 Å². The van der Waals surface area contributed by atoms with E-state index in [9.17, 15) is 14.9 Å². The zero-order chi connectivity index (χ0) is 7.44. The molecule has 0 aliphatic heterocycles. The number of carbonyl (C=O) groups is 1. The van der Waals surface area contributed by atoms with E-state index in [-0.39, 0.29) is 5.12 Å². The average molecular weight is 130 g/mol. The van der Waals surface area contributed by atoms with Crippen molar-refractivity contribution in [1.29, 1.82) is 5.26 Å². The quantitative estimate of drug-likeness (QED) is 0.151. The highest BCUT2D eigenvalue weighted by atomic mass is 16.7. The van der Waals surface area contributed by atoms with Crippen LogP contribution in [-0.2, 0) is 4.79 Å². The third kappa shape index (κ3) is 1.70. The molecular weight excluding hydrogens is 128 g/mol. The zero-order valence-electron chi connectivity index (χ0n) is 4.14. The number of nitro groups is 1. The molecule has 0 fully saturated rings. The number of hydrogen-bond donors (Lipinski definition) is 1. The first kappa shape index (κ1) is 7.32. The highest BCUT2D eigenvalue weighted by Crippen LogP contribution is 1.76. The van der Waals surface area contributed by atoms with E-state index in [1.807, 2.05) is 0 Å². The largest absolute Gasteiger partial charge is 0.402 e. The minimum atomic E-state index is -1.40. The van der Waals surface area contributed by atoms with Crippen molar-refractivity contribution in [2.45, 2.75) is 0 Å².